The first kappa shape index (κ1) is 19.2. The summed E-state index contributed by atoms with van der Waals surface area (Å²) in [4.78, 5) is 10.8. The first-order chi connectivity index (χ1) is 12.3. The second-order valence-corrected chi connectivity index (χ2v) is 6.40. The van der Waals surface area contributed by atoms with Gasteiger partial charge in [0.05, 0.1) is 0 Å². The Morgan fingerprint density at radius 3 is 2.56 bits per heavy atom. The van der Waals surface area contributed by atoms with Crippen LogP contribution in [0.5, 0.6) is 0 Å². The summed E-state index contributed by atoms with van der Waals surface area (Å²) < 4.78 is 5.21. The zero-order valence-corrected chi connectivity index (χ0v) is 15.7. The van der Waals surface area contributed by atoms with Gasteiger partial charge in [-0.1, -0.05) is 48.7 Å². The standard InChI is InChI=1S/C20H25N3OS/c1-17(19-10-12-22-13-11-19)23(14-7-15-24-3)20(21-2)25-16-18-8-5-4-6-9-18/h4-6,8-13H,1,7,14-16H2,2-3H3/b21-20+. The molecule has 2 rings (SSSR count). The number of methoxy groups -OCH3 is 1. The third-order valence-electron chi connectivity index (χ3n) is 3.70. The van der Waals surface area contributed by atoms with Gasteiger partial charge in [-0.3, -0.25) is 9.98 Å². The quantitative estimate of drug-likeness (QED) is 0.402. The van der Waals surface area contributed by atoms with E-state index in [0.29, 0.717) is 6.61 Å². The predicted molar refractivity (Wildman–Crippen MR) is 108 cm³/mol. The lowest BCUT2D eigenvalue weighted by atomic mass is 10.2. The number of pyridine rings is 1. The Bertz CT molecular complexity index is 674. The highest BCUT2D eigenvalue weighted by Gasteiger charge is 2.16. The Morgan fingerprint density at radius 1 is 1.20 bits per heavy atom. The minimum atomic E-state index is 0.709. The third kappa shape index (κ3) is 6.03. The van der Waals surface area contributed by atoms with E-state index in [1.54, 1.807) is 31.3 Å². The molecule has 1 aromatic carbocycles. The normalized spacial score (nSPS) is 11.4. The number of nitrogens with zero attached hydrogens (tertiary/aromatic N) is 3. The van der Waals surface area contributed by atoms with Crippen molar-refractivity contribution in [1.29, 1.82) is 0 Å². The van der Waals surface area contributed by atoms with Gasteiger partial charge in [-0.15, -0.1) is 0 Å². The molecule has 132 valence electrons. The Kier molecular flexibility index (Phi) is 8.22. The van der Waals surface area contributed by atoms with E-state index in [1.165, 1.54) is 5.56 Å². The van der Waals surface area contributed by atoms with Crippen LogP contribution >= 0.6 is 11.8 Å². The average molecular weight is 356 g/mol. The molecule has 25 heavy (non-hydrogen) atoms. The van der Waals surface area contributed by atoms with Crippen LogP contribution in [-0.2, 0) is 10.5 Å². The second kappa shape index (κ2) is 10.7. The van der Waals surface area contributed by atoms with E-state index in [9.17, 15) is 0 Å². The van der Waals surface area contributed by atoms with Crippen molar-refractivity contribution in [2.75, 3.05) is 27.3 Å². The molecule has 2 aromatic rings. The van der Waals surface area contributed by atoms with Crippen LogP contribution in [0.1, 0.15) is 17.5 Å². The highest BCUT2D eigenvalue weighted by molar-refractivity contribution is 8.13. The van der Waals surface area contributed by atoms with Gasteiger partial charge in [-0.05, 0) is 24.1 Å². The van der Waals surface area contributed by atoms with Crippen molar-refractivity contribution < 1.29 is 4.74 Å². The minimum absolute atomic E-state index is 0.709. The van der Waals surface area contributed by atoms with Gasteiger partial charge in [0.1, 0.15) is 0 Å². The summed E-state index contributed by atoms with van der Waals surface area (Å²) in [5.41, 5.74) is 3.26. The van der Waals surface area contributed by atoms with E-state index >= 15 is 0 Å². The van der Waals surface area contributed by atoms with Crippen LogP contribution < -0.4 is 0 Å². The summed E-state index contributed by atoms with van der Waals surface area (Å²) in [6.07, 6.45) is 4.48. The van der Waals surface area contributed by atoms with Gasteiger partial charge in [-0.2, -0.15) is 0 Å². The van der Waals surface area contributed by atoms with Gasteiger partial charge in [-0.25, -0.2) is 0 Å². The van der Waals surface area contributed by atoms with Crippen molar-refractivity contribution in [3.63, 3.8) is 0 Å². The molecule has 0 spiro atoms. The fraction of sp³-hybridized carbons (Fsp3) is 0.300. The van der Waals surface area contributed by atoms with Crippen LogP contribution in [0.15, 0.2) is 66.4 Å². The predicted octanol–water partition coefficient (Wildman–Crippen LogP) is 4.31. The average Bonchev–Trinajstić information content (AvgIpc) is 2.68. The van der Waals surface area contributed by atoms with Crippen LogP contribution in [-0.4, -0.2) is 42.4 Å². The Balaban J connectivity index is 2.12. The summed E-state index contributed by atoms with van der Waals surface area (Å²) in [5.74, 6) is 0.873. The van der Waals surface area contributed by atoms with Crippen LogP contribution in [0.25, 0.3) is 5.70 Å². The summed E-state index contributed by atoms with van der Waals surface area (Å²) in [5, 5.41) is 0.960. The molecule has 1 aromatic heterocycles. The molecule has 0 aliphatic carbocycles. The van der Waals surface area contributed by atoms with Gasteiger partial charge >= 0.3 is 0 Å². The molecule has 0 aliphatic heterocycles. The fourth-order valence-electron chi connectivity index (χ4n) is 2.40. The number of aromatic nitrogens is 1. The Hall–Kier alpha value is -2.11. The summed E-state index contributed by atoms with van der Waals surface area (Å²) in [6, 6.07) is 14.4. The van der Waals surface area contributed by atoms with Crippen molar-refractivity contribution in [3.8, 4) is 0 Å². The zero-order chi connectivity index (χ0) is 17.9. The number of hydrogen-bond acceptors (Lipinski definition) is 4. The second-order valence-electron chi connectivity index (χ2n) is 5.46. The molecule has 0 saturated heterocycles. The van der Waals surface area contributed by atoms with Crippen molar-refractivity contribution >= 4 is 22.6 Å². The molecule has 0 N–H and O–H groups in total. The zero-order valence-electron chi connectivity index (χ0n) is 14.9. The maximum absolute atomic E-state index is 5.21. The highest BCUT2D eigenvalue weighted by atomic mass is 32.2. The van der Waals surface area contributed by atoms with Gasteiger partial charge in [0.2, 0.25) is 0 Å². The molecule has 0 amide bonds. The van der Waals surface area contributed by atoms with Crippen LogP contribution in [0, 0.1) is 0 Å². The number of aliphatic imine (C=N–C) groups is 1. The maximum Gasteiger partial charge on any atom is 0.163 e. The van der Waals surface area contributed by atoms with Crippen molar-refractivity contribution in [3.05, 3.63) is 72.6 Å². The van der Waals surface area contributed by atoms with E-state index in [-0.39, 0.29) is 0 Å². The molecule has 4 nitrogen and oxygen atoms in total. The summed E-state index contributed by atoms with van der Waals surface area (Å²) >= 11 is 1.72. The molecule has 0 fully saturated rings. The molecule has 1 heterocycles. The largest absolute Gasteiger partial charge is 0.385 e. The van der Waals surface area contributed by atoms with Crippen molar-refractivity contribution in [1.82, 2.24) is 9.88 Å². The molecule has 0 bridgehead atoms. The third-order valence-corrected chi connectivity index (χ3v) is 4.84. The fourth-order valence-corrected chi connectivity index (χ4v) is 3.37. The SMILES string of the molecule is C=C(c1ccncc1)N(CCCOC)/C(=N\C)SCc1ccccc1. The number of rotatable bonds is 8. The minimum Gasteiger partial charge on any atom is -0.385 e. The Labute approximate surface area is 154 Å². The number of hydrogen-bond donors (Lipinski definition) is 0. The number of thioether (sulfide) groups is 1. The van der Waals surface area contributed by atoms with Crippen molar-refractivity contribution in [2.24, 2.45) is 4.99 Å². The van der Waals surface area contributed by atoms with Gasteiger partial charge in [0, 0.05) is 56.7 Å². The lowest BCUT2D eigenvalue weighted by Gasteiger charge is -2.27. The molecular weight excluding hydrogens is 330 g/mol. The lowest BCUT2D eigenvalue weighted by Crippen LogP contribution is -2.29. The topological polar surface area (TPSA) is 37.7 Å². The van der Waals surface area contributed by atoms with Gasteiger partial charge in [0.15, 0.2) is 5.17 Å². The van der Waals surface area contributed by atoms with E-state index in [0.717, 1.165) is 35.1 Å². The Morgan fingerprint density at radius 2 is 1.92 bits per heavy atom. The molecular formula is C20H25N3OS. The van der Waals surface area contributed by atoms with Gasteiger partial charge in [0.25, 0.3) is 0 Å². The summed E-state index contributed by atoms with van der Waals surface area (Å²) in [6.45, 7) is 5.81. The molecule has 0 unspecified atom stereocenters. The highest BCUT2D eigenvalue weighted by Crippen LogP contribution is 2.24. The number of amidine groups is 1. The first-order valence-corrected chi connectivity index (χ1v) is 9.24. The maximum atomic E-state index is 5.21. The van der Waals surface area contributed by atoms with E-state index in [2.05, 4.69) is 45.7 Å². The molecule has 0 saturated carbocycles. The van der Waals surface area contributed by atoms with Crippen LogP contribution in [0.3, 0.4) is 0 Å². The smallest absolute Gasteiger partial charge is 0.163 e. The molecule has 0 aliphatic rings. The van der Waals surface area contributed by atoms with Crippen LogP contribution in [0.4, 0.5) is 0 Å². The number of ether oxygens (including phenoxy) is 1. The number of benzene rings is 1. The molecule has 5 heteroatoms. The lowest BCUT2D eigenvalue weighted by molar-refractivity contribution is 0.191. The molecule has 0 atom stereocenters. The van der Waals surface area contributed by atoms with Crippen molar-refractivity contribution in [2.45, 2.75) is 12.2 Å². The molecule has 0 radical (unpaired) electrons. The first-order valence-electron chi connectivity index (χ1n) is 8.25. The van der Waals surface area contributed by atoms with E-state index in [4.69, 9.17) is 4.74 Å². The van der Waals surface area contributed by atoms with E-state index < -0.39 is 0 Å². The monoisotopic (exact) mass is 355 g/mol. The van der Waals surface area contributed by atoms with Crippen LogP contribution in [0.2, 0.25) is 0 Å². The van der Waals surface area contributed by atoms with Gasteiger partial charge < -0.3 is 9.64 Å². The summed E-state index contributed by atoms with van der Waals surface area (Å²) in [7, 11) is 3.55. The van der Waals surface area contributed by atoms with E-state index in [1.807, 2.05) is 25.2 Å².